The summed E-state index contributed by atoms with van der Waals surface area (Å²) in [5.41, 5.74) is 5.35. The molecule has 0 unspecified atom stereocenters. The fraction of sp³-hybridized carbons (Fsp3) is 0.355. The zero-order valence-electron chi connectivity index (χ0n) is 21.8. The number of para-hydroxylation sites is 2. The molecule has 1 amide bonds. The van der Waals surface area contributed by atoms with Crippen LogP contribution in [0, 0.1) is 13.8 Å². The minimum atomic E-state index is -0.0556. The van der Waals surface area contributed by atoms with Crippen LogP contribution in [0.15, 0.2) is 66.7 Å². The van der Waals surface area contributed by atoms with Crippen molar-refractivity contribution in [2.24, 2.45) is 0 Å². The number of amides is 1. The van der Waals surface area contributed by atoms with Gasteiger partial charge in [-0.25, -0.2) is 4.98 Å². The van der Waals surface area contributed by atoms with E-state index < -0.39 is 0 Å². The van der Waals surface area contributed by atoms with Crippen LogP contribution < -0.4 is 10.1 Å². The lowest BCUT2D eigenvalue weighted by atomic mass is 10.1. The summed E-state index contributed by atoms with van der Waals surface area (Å²) in [5.74, 6) is 2.04. The first kappa shape index (κ1) is 26.7. The maximum atomic E-state index is 12.2. The first-order chi connectivity index (χ1) is 18.0. The average molecular weight is 518 g/mol. The van der Waals surface area contributed by atoms with Crippen molar-refractivity contribution < 1.29 is 9.53 Å². The smallest absolute Gasteiger partial charge is 0.251 e. The van der Waals surface area contributed by atoms with Gasteiger partial charge in [0.15, 0.2) is 0 Å². The zero-order valence-corrected chi connectivity index (χ0v) is 22.6. The minimum Gasteiger partial charge on any atom is -0.494 e. The number of hydrogen-bond acceptors (Lipinski definition) is 3. The van der Waals surface area contributed by atoms with E-state index >= 15 is 0 Å². The Morgan fingerprint density at radius 3 is 2.46 bits per heavy atom. The van der Waals surface area contributed by atoms with Crippen molar-refractivity contribution in [3.05, 3.63) is 94.3 Å². The Bertz CT molecular complexity index is 1290. The third-order valence-electron chi connectivity index (χ3n) is 6.44. The van der Waals surface area contributed by atoms with Crippen molar-refractivity contribution >= 4 is 28.5 Å². The predicted octanol–water partition coefficient (Wildman–Crippen LogP) is 7.31. The Morgan fingerprint density at radius 2 is 1.68 bits per heavy atom. The Morgan fingerprint density at radius 1 is 0.919 bits per heavy atom. The van der Waals surface area contributed by atoms with Gasteiger partial charge in [-0.2, -0.15) is 0 Å². The standard InChI is InChI=1S/C31H36ClN3O2/c1-23-20-24(2)22-27(21-23)37-19-9-8-18-35-29-11-6-5-10-28(29)34-30(35)12-4-3-7-17-33-31(36)25-13-15-26(32)16-14-25/h5-6,10-11,13-16,20-22H,3-4,7-9,12,17-19H2,1-2H3,(H,33,36). The molecule has 1 N–H and O–H groups in total. The second kappa shape index (κ2) is 13.3. The van der Waals surface area contributed by atoms with Crippen molar-refractivity contribution in [1.82, 2.24) is 14.9 Å². The van der Waals surface area contributed by atoms with Gasteiger partial charge in [0.25, 0.3) is 5.91 Å². The highest BCUT2D eigenvalue weighted by molar-refractivity contribution is 6.30. The second-order valence-corrected chi connectivity index (χ2v) is 10.1. The molecule has 0 aliphatic heterocycles. The van der Waals surface area contributed by atoms with Crippen LogP contribution in [-0.2, 0) is 13.0 Å². The van der Waals surface area contributed by atoms with Gasteiger partial charge < -0.3 is 14.6 Å². The number of hydrogen-bond donors (Lipinski definition) is 1. The van der Waals surface area contributed by atoms with Crippen molar-refractivity contribution in [2.75, 3.05) is 13.2 Å². The van der Waals surface area contributed by atoms with Crippen molar-refractivity contribution in [3.63, 3.8) is 0 Å². The van der Waals surface area contributed by atoms with Crippen LogP contribution in [0.2, 0.25) is 5.02 Å². The lowest BCUT2D eigenvalue weighted by Gasteiger charge is -2.11. The molecule has 1 aromatic heterocycles. The number of halogens is 1. The van der Waals surface area contributed by atoms with Gasteiger partial charge in [-0.1, -0.05) is 36.2 Å². The molecule has 3 aromatic carbocycles. The molecule has 0 radical (unpaired) electrons. The van der Waals surface area contributed by atoms with Crippen molar-refractivity contribution in [1.29, 1.82) is 0 Å². The molecular formula is C31H36ClN3O2. The summed E-state index contributed by atoms with van der Waals surface area (Å²) >= 11 is 5.90. The highest BCUT2D eigenvalue weighted by Gasteiger charge is 2.10. The fourth-order valence-electron chi connectivity index (χ4n) is 4.63. The molecule has 4 rings (SSSR count). The second-order valence-electron chi connectivity index (χ2n) is 9.62. The fourth-order valence-corrected chi connectivity index (χ4v) is 4.76. The normalized spacial score (nSPS) is 11.1. The molecule has 4 aromatic rings. The van der Waals surface area contributed by atoms with Crippen LogP contribution in [0.1, 0.15) is 59.4 Å². The molecule has 0 atom stereocenters. The number of imidazole rings is 1. The molecule has 194 valence electrons. The molecule has 5 nitrogen and oxygen atoms in total. The van der Waals surface area contributed by atoms with Gasteiger partial charge in [0.1, 0.15) is 11.6 Å². The van der Waals surface area contributed by atoms with Crippen molar-refractivity contribution in [3.8, 4) is 5.75 Å². The van der Waals surface area contributed by atoms with Gasteiger partial charge in [0, 0.05) is 30.1 Å². The van der Waals surface area contributed by atoms with E-state index in [1.807, 2.05) is 6.07 Å². The maximum absolute atomic E-state index is 12.2. The molecule has 37 heavy (non-hydrogen) atoms. The molecule has 0 fully saturated rings. The summed E-state index contributed by atoms with van der Waals surface area (Å²) in [4.78, 5) is 17.2. The number of nitrogens with one attached hydrogen (secondary N) is 1. The quantitative estimate of drug-likeness (QED) is 0.189. The van der Waals surface area contributed by atoms with Crippen LogP contribution >= 0.6 is 11.6 Å². The summed E-state index contributed by atoms with van der Waals surface area (Å²) in [6.07, 6.45) is 5.97. The van der Waals surface area contributed by atoms with E-state index in [0.29, 0.717) is 23.7 Å². The molecule has 0 spiro atoms. The number of carbonyl (C=O) groups is 1. The molecule has 0 saturated carbocycles. The number of carbonyl (C=O) groups excluding carboxylic acids is 1. The number of aromatic nitrogens is 2. The predicted molar refractivity (Wildman–Crippen MR) is 152 cm³/mol. The van der Waals surface area contributed by atoms with E-state index in [-0.39, 0.29) is 5.91 Å². The van der Waals surface area contributed by atoms with Gasteiger partial charge in [-0.3, -0.25) is 4.79 Å². The Hall–Kier alpha value is -3.31. The van der Waals surface area contributed by atoms with E-state index in [0.717, 1.165) is 62.2 Å². The van der Waals surface area contributed by atoms with Gasteiger partial charge >= 0.3 is 0 Å². The largest absolute Gasteiger partial charge is 0.494 e. The number of aryl methyl sites for hydroxylation is 4. The molecule has 0 aliphatic rings. The Kier molecular flexibility index (Phi) is 9.61. The summed E-state index contributed by atoms with van der Waals surface area (Å²) in [7, 11) is 0. The van der Waals surface area contributed by atoms with E-state index in [4.69, 9.17) is 21.3 Å². The molecule has 0 bridgehead atoms. The third-order valence-corrected chi connectivity index (χ3v) is 6.69. The van der Waals surface area contributed by atoms with E-state index in [2.05, 4.69) is 60.1 Å². The lowest BCUT2D eigenvalue weighted by molar-refractivity contribution is 0.0953. The highest BCUT2D eigenvalue weighted by atomic mass is 35.5. The summed E-state index contributed by atoms with van der Waals surface area (Å²) in [5, 5.41) is 3.63. The topological polar surface area (TPSA) is 56.1 Å². The highest BCUT2D eigenvalue weighted by Crippen LogP contribution is 2.20. The number of unbranched alkanes of at least 4 members (excludes halogenated alkanes) is 3. The monoisotopic (exact) mass is 517 g/mol. The van der Waals surface area contributed by atoms with Crippen LogP contribution in [-0.4, -0.2) is 28.6 Å². The number of rotatable bonds is 13. The first-order valence-corrected chi connectivity index (χ1v) is 13.6. The molecular weight excluding hydrogens is 482 g/mol. The third kappa shape index (κ3) is 7.83. The van der Waals surface area contributed by atoms with Gasteiger partial charge in [0.2, 0.25) is 0 Å². The Labute approximate surface area is 224 Å². The minimum absolute atomic E-state index is 0.0556. The SMILES string of the molecule is Cc1cc(C)cc(OCCCCn2c(CCCCCNC(=O)c3ccc(Cl)cc3)nc3ccccc32)c1. The van der Waals surface area contributed by atoms with E-state index in [1.165, 1.54) is 16.6 Å². The first-order valence-electron chi connectivity index (χ1n) is 13.2. The molecule has 0 saturated heterocycles. The van der Waals surface area contributed by atoms with E-state index in [9.17, 15) is 4.79 Å². The summed E-state index contributed by atoms with van der Waals surface area (Å²) in [6, 6.07) is 21.7. The number of fused-ring (bicyclic) bond motifs is 1. The van der Waals surface area contributed by atoms with Crippen molar-refractivity contribution in [2.45, 2.75) is 58.9 Å². The van der Waals surface area contributed by atoms with Gasteiger partial charge in [-0.05, 0) is 99.2 Å². The van der Waals surface area contributed by atoms with Crippen LogP contribution in [0.5, 0.6) is 5.75 Å². The zero-order chi connectivity index (χ0) is 26.0. The van der Waals surface area contributed by atoms with Crippen LogP contribution in [0.4, 0.5) is 0 Å². The maximum Gasteiger partial charge on any atom is 0.251 e. The molecule has 6 heteroatoms. The average Bonchev–Trinajstić information content (AvgIpc) is 3.23. The number of benzene rings is 3. The van der Waals surface area contributed by atoms with Gasteiger partial charge in [-0.15, -0.1) is 0 Å². The molecule has 0 aliphatic carbocycles. The van der Waals surface area contributed by atoms with Crippen LogP contribution in [0.3, 0.4) is 0 Å². The molecule has 1 heterocycles. The summed E-state index contributed by atoms with van der Waals surface area (Å²) in [6.45, 7) is 6.51. The number of ether oxygens (including phenoxy) is 1. The summed E-state index contributed by atoms with van der Waals surface area (Å²) < 4.78 is 8.37. The Balaban J connectivity index is 1.22. The van der Waals surface area contributed by atoms with E-state index in [1.54, 1.807) is 24.3 Å². The van der Waals surface area contributed by atoms with Crippen LogP contribution in [0.25, 0.3) is 11.0 Å². The number of nitrogens with zero attached hydrogens (tertiary/aromatic N) is 2. The lowest BCUT2D eigenvalue weighted by Crippen LogP contribution is -2.24. The van der Waals surface area contributed by atoms with Gasteiger partial charge in [0.05, 0.1) is 17.6 Å².